The summed E-state index contributed by atoms with van der Waals surface area (Å²) in [7, 11) is 1.70. The van der Waals surface area contributed by atoms with Crippen molar-refractivity contribution in [2.24, 2.45) is 4.99 Å². The number of nitrogens with zero attached hydrogens (tertiary/aromatic N) is 1. The minimum Gasteiger partial charge on any atom is -0.356 e. The van der Waals surface area contributed by atoms with Crippen LogP contribution in [-0.2, 0) is 13.0 Å². The summed E-state index contributed by atoms with van der Waals surface area (Å²) in [6.07, 6.45) is 0.597. The van der Waals surface area contributed by atoms with Crippen molar-refractivity contribution in [2.45, 2.75) is 13.0 Å². The average molecular weight is 448 g/mol. The normalized spacial score (nSPS) is 10.8. The van der Waals surface area contributed by atoms with Crippen LogP contribution >= 0.6 is 35.6 Å². The lowest BCUT2D eigenvalue weighted by molar-refractivity contribution is 0.606. The van der Waals surface area contributed by atoms with Crippen molar-refractivity contribution in [3.05, 3.63) is 70.5 Å². The first-order valence-electron chi connectivity index (χ1n) is 7.12. The highest BCUT2D eigenvalue weighted by molar-refractivity contribution is 14.0. The van der Waals surface area contributed by atoms with Gasteiger partial charge in [-0.05, 0) is 29.7 Å². The summed E-state index contributed by atoms with van der Waals surface area (Å²) in [5.41, 5.74) is 1.69. The third-order valence-corrected chi connectivity index (χ3v) is 3.64. The number of rotatable bonds is 5. The van der Waals surface area contributed by atoms with E-state index in [1.54, 1.807) is 19.2 Å². The molecular weight excluding hydrogens is 428 g/mol. The Labute approximate surface area is 158 Å². The highest BCUT2D eigenvalue weighted by atomic mass is 127. The smallest absolute Gasteiger partial charge is 0.191 e. The van der Waals surface area contributed by atoms with Gasteiger partial charge in [0.25, 0.3) is 0 Å². The van der Waals surface area contributed by atoms with Crippen LogP contribution in [0.1, 0.15) is 11.1 Å². The maximum Gasteiger partial charge on any atom is 0.191 e. The van der Waals surface area contributed by atoms with E-state index in [0.717, 1.165) is 10.6 Å². The summed E-state index contributed by atoms with van der Waals surface area (Å²) >= 11 is 6.11. The lowest BCUT2D eigenvalue weighted by atomic mass is 10.1. The molecule has 0 radical (unpaired) electrons. The maximum atomic E-state index is 13.5. The number of guanidine groups is 1. The molecule has 0 aliphatic heterocycles. The monoisotopic (exact) mass is 447 g/mol. The molecule has 0 bridgehead atoms. The zero-order chi connectivity index (χ0) is 15.8. The topological polar surface area (TPSA) is 36.4 Å². The molecule has 0 aliphatic rings. The fraction of sp³-hybridized carbons (Fsp3) is 0.235. The second kappa shape index (κ2) is 10.4. The SMILES string of the molecule is CN=C(NCCc1ccccc1F)NCc1ccccc1Cl.I. The molecule has 0 saturated heterocycles. The van der Waals surface area contributed by atoms with Crippen molar-refractivity contribution in [1.82, 2.24) is 10.6 Å². The number of nitrogens with one attached hydrogen (secondary N) is 2. The lowest BCUT2D eigenvalue weighted by Crippen LogP contribution is -2.38. The Bertz CT molecular complexity index is 649. The molecule has 0 aliphatic carbocycles. The van der Waals surface area contributed by atoms with Gasteiger partial charge in [-0.25, -0.2) is 4.39 Å². The first kappa shape index (κ1) is 19.7. The molecule has 0 aromatic heterocycles. The minimum absolute atomic E-state index is 0. The van der Waals surface area contributed by atoms with E-state index in [1.165, 1.54) is 6.07 Å². The van der Waals surface area contributed by atoms with Crippen molar-refractivity contribution in [3.8, 4) is 0 Å². The van der Waals surface area contributed by atoms with E-state index >= 15 is 0 Å². The highest BCUT2D eigenvalue weighted by Gasteiger charge is 2.03. The molecule has 0 atom stereocenters. The zero-order valence-electron chi connectivity index (χ0n) is 12.9. The van der Waals surface area contributed by atoms with Crippen LogP contribution < -0.4 is 10.6 Å². The summed E-state index contributed by atoms with van der Waals surface area (Å²) in [6, 6.07) is 14.4. The van der Waals surface area contributed by atoms with Crippen LogP contribution in [0.15, 0.2) is 53.5 Å². The van der Waals surface area contributed by atoms with Crippen LogP contribution in [0.4, 0.5) is 4.39 Å². The predicted molar refractivity (Wildman–Crippen MR) is 105 cm³/mol. The maximum absolute atomic E-state index is 13.5. The Morgan fingerprint density at radius 2 is 1.70 bits per heavy atom. The van der Waals surface area contributed by atoms with Gasteiger partial charge in [-0.2, -0.15) is 0 Å². The Hall–Kier alpha value is -1.34. The highest BCUT2D eigenvalue weighted by Crippen LogP contribution is 2.14. The van der Waals surface area contributed by atoms with Crippen LogP contribution in [0.2, 0.25) is 5.02 Å². The van der Waals surface area contributed by atoms with Crippen LogP contribution in [0, 0.1) is 5.82 Å². The van der Waals surface area contributed by atoms with Gasteiger partial charge in [-0.1, -0.05) is 48.0 Å². The van der Waals surface area contributed by atoms with Gasteiger partial charge >= 0.3 is 0 Å². The van der Waals surface area contributed by atoms with Gasteiger partial charge in [0.05, 0.1) is 0 Å². The molecule has 0 fully saturated rings. The standard InChI is InChI=1S/C17H19ClFN3.HI/c1-20-17(22-12-14-7-2-4-8-15(14)18)21-11-10-13-6-3-5-9-16(13)19;/h2-9H,10-12H2,1H3,(H2,20,21,22);1H. The number of halogens is 3. The summed E-state index contributed by atoms with van der Waals surface area (Å²) < 4.78 is 13.5. The van der Waals surface area contributed by atoms with Crippen molar-refractivity contribution in [1.29, 1.82) is 0 Å². The van der Waals surface area contributed by atoms with Crippen molar-refractivity contribution in [2.75, 3.05) is 13.6 Å². The molecule has 2 aromatic carbocycles. The van der Waals surface area contributed by atoms with Crippen molar-refractivity contribution < 1.29 is 4.39 Å². The zero-order valence-corrected chi connectivity index (χ0v) is 15.9. The fourth-order valence-corrected chi connectivity index (χ4v) is 2.26. The number of hydrogen-bond acceptors (Lipinski definition) is 1. The van der Waals surface area contributed by atoms with Gasteiger partial charge in [0.15, 0.2) is 5.96 Å². The quantitative estimate of drug-likeness (QED) is 0.413. The molecule has 2 aromatic rings. The molecule has 3 nitrogen and oxygen atoms in total. The molecular formula is C17H20ClFIN3. The molecule has 124 valence electrons. The Balaban J connectivity index is 0.00000264. The molecule has 23 heavy (non-hydrogen) atoms. The van der Waals surface area contributed by atoms with Gasteiger partial charge < -0.3 is 10.6 Å². The van der Waals surface area contributed by atoms with Crippen molar-refractivity contribution in [3.63, 3.8) is 0 Å². The molecule has 0 heterocycles. The number of aliphatic imine (C=N–C) groups is 1. The number of benzene rings is 2. The van der Waals surface area contributed by atoms with Crippen LogP contribution in [0.5, 0.6) is 0 Å². The molecule has 2 N–H and O–H groups in total. The Morgan fingerprint density at radius 1 is 1.04 bits per heavy atom. The average Bonchev–Trinajstić information content (AvgIpc) is 2.54. The molecule has 0 amide bonds. The van der Waals surface area contributed by atoms with E-state index in [2.05, 4.69) is 15.6 Å². The van der Waals surface area contributed by atoms with E-state index in [4.69, 9.17) is 11.6 Å². The molecule has 2 rings (SSSR count). The molecule has 6 heteroatoms. The summed E-state index contributed by atoms with van der Waals surface area (Å²) in [6.45, 7) is 1.18. The van der Waals surface area contributed by atoms with Crippen LogP contribution in [-0.4, -0.2) is 19.6 Å². The summed E-state index contributed by atoms with van der Waals surface area (Å²) in [4.78, 5) is 4.14. The van der Waals surface area contributed by atoms with Gasteiger partial charge in [0.1, 0.15) is 5.82 Å². The van der Waals surface area contributed by atoms with Crippen LogP contribution in [0.25, 0.3) is 0 Å². The molecule has 0 unspecified atom stereocenters. The van der Waals surface area contributed by atoms with Gasteiger partial charge in [-0.3, -0.25) is 4.99 Å². The lowest BCUT2D eigenvalue weighted by Gasteiger charge is -2.12. The molecule has 0 spiro atoms. The van der Waals surface area contributed by atoms with E-state index in [1.807, 2.05) is 30.3 Å². The van der Waals surface area contributed by atoms with Crippen LogP contribution in [0.3, 0.4) is 0 Å². The fourth-order valence-electron chi connectivity index (χ4n) is 2.06. The first-order valence-corrected chi connectivity index (χ1v) is 7.50. The van der Waals surface area contributed by atoms with Gasteiger partial charge in [0, 0.05) is 25.2 Å². The van der Waals surface area contributed by atoms with E-state index in [0.29, 0.717) is 31.0 Å². The molecule has 0 saturated carbocycles. The second-order valence-electron chi connectivity index (χ2n) is 4.79. The Morgan fingerprint density at radius 3 is 2.35 bits per heavy atom. The third kappa shape index (κ3) is 6.35. The van der Waals surface area contributed by atoms with Gasteiger partial charge in [0.2, 0.25) is 0 Å². The van der Waals surface area contributed by atoms with Gasteiger partial charge in [-0.15, -0.1) is 24.0 Å². The summed E-state index contributed by atoms with van der Waals surface area (Å²) in [5, 5.41) is 7.07. The number of hydrogen-bond donors (Lipinski definition) is 2. The van der Waals surface area contributed by atoms with E-state index in [9.17, 15) is 4.39 Å². The first-order chi connectivity index (χ1) is 10.7. The van der Waals surface area contributed by atoms with Crippen molar-refractivity contribution >= 4 is 41.5 Å². The minimum atomic E-state index is -0.177. The summed E-state index contributed by atoms with van der Waals surface area (Å²) in [5.74, 6) is 0.486. The van der Waals surface area contributed by atoms with E-state index in [-0.39, 0.29) is 29.8 Å². The largest absolute Gasteiger partial charge is 0.356 e. The van der Waals surface area contributed by atoms with E-state index < -0.39 is 0 Å². The second-order valence-corrected chi connectivity index (χ2v) is 5.19. The predicted octanol–water partition coefficient (Wildman–Crippen LogP) is 4.00. The third-order valence-electron chi connectivity index (χ3n) is 3.27. The Kier molecular flexibility index (Phi) is 8.94.